The second-order valence-corrected chi connectivity index (χ2v) is 12.1. The maximum atomic E-state index is 7.17. The van der Waals surface area contributed by atoms with Gasteiger partial charge in [0.25, 0.3) is 0 Å². The number of hydrogen-bond acceptors (Lipinski definition) is 2. The molecule has 1 unspecified atom stereocenters. The Morgan fingerprint density at radius 2 is 1.42 bits per heavy atom. The summed E-state index contributed by atoms with van der Waals surface area (Å²) in [6.07, 6.45) is 7.24. The summed E-state index contributed by atoms with van der Waals surface area (Å²) in [4.78, 5) is 0. The molecule has 0 aromatic rings. The van der Waals surface area contributed by atoms with Crippen LogP contribution in [0.4, 0.5) is 0 Å². The first kappa shape index (κ1) is 29.2. The molecule has 0 spiro atoms. The molecule has 6 radical (unpaired) electrons. The Labute approximate surface area is 179 Å². The molecule has 4 nitrogen and oxygen atoms in total. The summed E-state index contributed by atoms with van der Waals surface area (Å²) in [5.74, 6) is 0. The van der Waals surface area contributed by atoms with Crippen molar-refractivity contribution in [1.29, 1.82) is 0 Å². The Morgan fingerprint density at radius 3 is 1.73 bits per heavy atom. The van der Waals surface area contributed by atoms with E-state index in [1.807, 2.05) is 28.2 Å². The maximum absolute atomic E-state index is 7.17. The Bertz CT molecular complexity index is 361. The fraction of sp³-hybridized carbons (Fsp3) is 0.882. The summed E-state index contributed by atoms with van der Waals surface area (Å²) in [5.41, 5.74) is 0.544. The van der Waals surface area contributed by atoms with E-state index in [9.17, 15) is 0 Å². The van der Waals surface area contributed by atoms with Gasteiger partial charge in [-0.05, 0) is 6.42 Å². The van der Waals surface area contributed by atoms with Gasteiger partial charge in [0.05, 0.1) is 39.3 Å². The van der Waals surface area contributed by atoms with Crippen LogP contribution in [0.5, 0.6) is 0 Å². The van der Waals surface area contributed by atoms with Crippen molar-refractivity contribution in [3.63, 3.8) is 0 Å². The molecule has 26 heavy (non-hydrogen) atoms. The van der Waals surface area contributed by atoms with Crippen LogP contribution >= 0.6 is 7.44 Å². The predicted octanol–water partition coefficient (Wildman–Crippen LogP) is 1.70. The fourth-order valence-corrected chi connectivity index (χ4v) is 6.69. The van der Waals surface area contributed by atoms with E-state index in [1.165, 1.54) is 19.3 Å². The van der Waals surface area contributed by atoms with Gasteiger partial charge in [0.1, 0.15) is 0 Å². The minimum absolute atomic E-state index is 0. The summed E-state index contributed by atoms with van der Waals surface area (Å²) in [5, 5.41) is 0. The largest absolute Gasteiger partial charge is 2.00 e. The third kappa shape index (κ3) is 9.46. The van der Waals surface area contributed by atoms with Crippen molar-refractivity contribution < 1.29 is 25.9 Å². The van der Waals surface area contributed by atoms with Crippen molar-refractivity contribution in [2.24, 2.45) is 0 Å². The third-order valence-electron chi connectivity index (χ3n) is 5.02. The molecule has 1 saturated carbocycles. The molecule has 0 aliphatic heterocycles. The minimum Gasteiger partial charge on any atom is -0.400 e. The first-order valence-corrected chi connectivity index (χ1v) is 10.8. The first-order valence-electron chi connectivity index (χ1n) is 9.01. The van der Waals surface area contributed by atoms with Crippen LogP contribution < -0.4 is 0 Å². The van der Waals surface area contributed by atoms with E-state index >= 15 is 0 Å². The Hall–Kier alpha value is 0.984. The van der Waals surface area contributed by atoms with Gasteiger partial charge in [-0.25, -0.2) is 0 Å². The van der Waals surface area contributed by atoms with Crippen LogP contribution in [-0.2, 0) is 17.1 Å². The van der Waals surface area contributed by atoms with E-state index in [-0.39, 0.29) is 24.5 Å². The number of rotatable bonds is 9. The molecular weight excluding hydrogens is 379 g/mol. The van der Waals surface area contributed by atoms with Crippen LogP contribution in [0.15, 0.2) is 0 Å². The van der Waals surface area contributed by atoms with E-state index in [2.05, 4.69) is 29.9 Å². The zero-order valence-electron chi connectivity index (χ0n) is 18.1. The molecule has 1 rings (SSSR count). The Kier molecular flexibility index (Phi) is 13.3. The topological polar surface area (TPSA) is 6.48 Å². The van der Waals surface area contributed by atoms with Gasteiger partial charge >= 0.3 is 40.6 Å². The van der Waals surface area contributed by atoms with Gasteiger partial charge in [-0.3, -0.25) is 0 Å². The zero-order chi connectivity index (χ0) is 18.6. The SMILES string of the molecule is [B][N+](C)(C)CCN(C)[P+]([B])(C1C[CH-]CCC1)N(C)CC[N+]([B])(C)C.[CH3-].[Fe+2]. The van der Waals surface area contributed by atoms with Gasteiger partial charge in [0.15, 0.2) is 0 Å². The third-order valence-corrected chi connectivity index (χ3v) is 9.15. The molecule has 1 atom stereocenters. The van der Waals surface area contributed by atoms with E-state index in [0.717, 1.165) is 32.6 Å². The van der Waals surface area contributed by atoms with Crippen LogP contribution in [0.1, 0.15) is 25.7 Å². The average Bonchev–Trinajstić information content (AvgIpc) is 2.48. The van der Waals surface area contributed by atoms with Crippen molar-refractivity contribution in [2.75, 3.05) is 68.5 Å². The molecule has 0 saturated heterocycles. The molecule has 1 aliphatic carbocycles. The van der Waals surface area contributed by atoms with Crippen molar-refractivity contribution in [2.45, 2.75) is 31.3 Å². The van der Waals surface area contributed by atoms with E-state index in [4.69, 9.17) is 23.5 Å². The van der Waals surface area contributed by atoms with Crippen molar-refractivity contribution in [1.82, 2.24) is 9.34 Å². The second-order valence-electron chi connectivity index (χ2n) is 8.58. The first-order chi connectivity index (χ1) is 10.9. The number of nitrogens with zero attached hydrogens (tertiary/aromatic N) is 4. The molecule has 0 amide bonds. The minimum atomic E-state index is -1.89. The Morgan fingerprint density at radius 1 is 1.00 bits per heavy atom. The van der Waals surface area contributed by atoms with Gasteiger partial charge in [-0.2, -0.15) is 15.8 Å². The quantitative estimate of drug-likeness (QED) is 0.319. The van der Waals surface area contributed by atoms with Gasteiger partial charge < -0.3 is 22.6 Å². The molecule has 0 aromatic carbocycles. The summed E-state index contributed by atoms with van der Waals surface area (Å²) < 4.78 is 5.75. The van der Waals surface area contributed by atoms with Gasteiger partial charge in [0, 0.05) is 42.3 Å². The summed E-state index contributed by atoms with van der Waals surface area (Å²) in [6, 6.07) is 0. The smallest absolute Gasteiger partial charge is 0.400 e. The predicted molar refractivity (Wildman–Crippen MR) is 116 cm³/mol. The molecule has 1 fully saturated rings. The maximum Gasteiger partial charge on any atom is 2.00 e. The van der Waals surface area contributed by atoms with E-state index in [1.54, 1.807) is 0 Å². The van der Waals surface area contributed by atoms with Gasteiger partial charge in [0.2, 0.25) is 0 Å². The normalized spacial score (nSPS) is 19.2. The second kappa shape index (κ2) is 11.9. The van der Waals surface area contributed by atoms with Crippen molar-refractivity contribution in [3.8, 4) is 0 Å². The number of quaternary nitrogens is 2. The standard InChI is InChI=1S/C16H36B3N4P.CH3.Fe/c1-20(12-14-22(3,4)17)24(19,16-10-8-7-9-11-16)21(2)13-15-23(5,6)18;;/h8,16H,7,9-15H2,1-6H3;1H3;/q+2;-1;+2. The monoisotopic (exact) mass is 419 g/mol. The average molecular weight is 419 g/mol. The molecule has 0 N–H and O–H groups in total. The van der Waals surface area contributed by atoms with E-state index in [0.29, 0.717) is 14.4 Å². The van der Waals surface area contributed by atoms with Crippen LogP contribution in [0, 0.1) is 13.8 Å². The molecule has 9 heteroatoms. The molecule has 146 valence electrons. The summed E-state index contributed by atoms with van der Waals surface area (Å²) >= 11 is 0. The van der Waals surface area contributed by atoms with Crippen LogP contribution in [0.3, 0.4) is 0 Å². The molecular formula is C17H39B3FeN4P+3. The Balaban J connectivity index is 0. The molecule has 1 aliphatic rings. The van der Waals surface area contributed by atoms with E-state index < -0.39 is 7.44 Å². The van der Waals surface area contributed by atoms with Crippen LogP contribution in [0.2, 0.25) is 0 Å². The van der Waals surface area contributed by atoms with Crippen LogP contribution in [0.25, 0.3) is 0 Å². The molecule has 0 aromatic heterocycles. The molecule has 0 bridgehead atoms. The molecule has 0 heterocycles. The van der Waals surface area contributed by atoms with Gasteiger partial charge in [-0.15, -0.1) is 6.42 Å². The summed E-state index contributed by atoms with van der Waals surface area (Å²) in [7, 11) is 30.0. The summed E-state index contributed by atoms with van der Waals surface area (Å²) in [6.45, 7) is 3.60. The van der Waals surface area contributed by atoms with Crippen molar-refractivity contribution >= 4 is 31.0 Å². The number of likely N-dealkylation sites (N-methyl/N-ethyl adjacent to an activating group) is 4. The van der Waals surface area contributed by atoms with Crippen molar-refractivity contribution in [3.05, 3.63) is 13.8 Å². The van der Waals surface area contributed by atoms with Gasteiger partial charge in [-0.1, -0.05) is 6.42 Å². The number of hydrogen-bond donors (Lipinski definition) is 0. The fourth-order valence-electron chi connectivity index (χ4n) is 3.21. The zero-order valence-corrected chi connectivity index (χ0v) is 20.1. The van der Waals surface area contributed by atoms with Crippen LogP contribution in [-0.4, -0.2) is 116 Å².